The van der Waals surface area contributed by atoms with Crippen LogP contribution in [0.25, 0.3) is 98.9 Å². The van der Waals surface area contributed by atoms with E-state index in [1.807, 2.05) is 35.6 Å². The monoisotopic (exact) mass is 2370 g/mol. The Morgan fingerprint density at radius 1 is 0.299 bits per heavy atom. The Labute approximate surface area is 918 Å². The van der Waals surface area contributed by atoms with Crippen molar-refractivity contribution in [1.29, 1.82) is 0 Å². The molecule has 4 aliphatic carbocycles. The van der Waals surface area contributed by atoms with Crippen LogP contribution >= 0.6 is 157 Å². The van der Waals surface area contributed by atoms with Crippen LogP contribution in [0.5, 0.6) is 0 Å². The molecule has 22 heteroatoms. The Hall–Kier alpha value is -9.32. The number of hydrogen-bond acceptors (Lipinski definition) is 15. The van der Waals surface area contributed by atoms with E-state index in [1.54, 1.807) is 70.9 Å². The predicted molar refractivity (Wildman–Crippen MR) is 629 cm³/mol. The van der Waals surface area contributed by atoms with Crippen molar-refractivity contribution in [2.24, 2.45) is 0 Å². The summed E-state index contributed by atoms with van der Waals surface area (Å²) in [7, 11) is 0. The molecular formula is C125H100Br2F4O4S11Sn. The van der Waals surface area contributed by atoms with E-state index in [0.29, 0.717) is 54.3 Å². The van der Waals surface area contributed by atoms with Crippen LogP contribution in [-0.4, -0.2) is 44.2 Å². The summed E-state index contributed by atoms with van der Waals surface area (Å²) in [6.45, 7) is 25.0. The Morgan fingerprint density at radius 3 is 0.796 bits per heavy atom. The molecule has 0 unspecified atom stereocenters. The van der Waals surface area contributed by atoms with E-state index >= 15 is 17.6 Å². The Bertz CT molecular complexity index is 8100. The Balaban J connectivity index is 0.000000131. The van der Waals surface area contributed by atoms with Crippen molar-refractivity contribution in [3.8, 4) is 61.3 Å². The summed E-state index contributed by atoms with van der Waals surface area (Å²) >= 11 is 23.0. The molecule has 1 saturated heterocycles. The van der Waals surface area contributed by atoms with Crippen molar-refractivity contribution in [3.63, 3.8) is 0 Å². The zero-order valence-electron chi connectivity index (χ0n) is 82.7. The molecule has 1 aliphatic heterocycles. The largest absolute Gasteiger partial charge is 0.297 e. The molecule has 0 spiro atoms. The average Bonchev–Trinajstić information content (AvgIpc) is 1.48. The van der Waals surface area contributed by atoms with Gasteiger partial charge in [-0.25, -0.2) is 17.6 Å². The van der Waals surface area contributed by atoms with Crippen LogP contribution in [-0.2, 0) is 31.1 Å². The maximum Gasteiger partial charge on any atom is 0.160 e. The maximum atomic E-state index is 19.8. The van der Waals surface area contributed by atoms with E-state index in [-0.39, 0.29) is 17.9 Å². The molecule has 0 atom stereocenters. The molecule has 26 rings (SSSR count). The van der Waals surface area contributed by atoms with Crippen LogP contribution in [0.15, 0.2) is 262 Å². The molecule has 11 aromatic heterocycles. The van der Waals surface area contributed by atoms with Crippen molar-refractivity contribution >= 4 is 228 Å². The standard InChI is InChI=1S/C58H36F2O2S6.C48H30Br2F2S4.C7H7O2S.3C4H9.Sn/c1-29-5-13-33(14-6-29)57(34-15-7-30(2)8-16-34)47-45(55-49(57)53-43(67-55)25-41(65-53)39-23-21-37(27-61)63-39)52(60)48-46(51(47)59)56-50(54-44(68-56)26-42(66-54)40-24-22-38(28-62)64-40)58(48,35-17-9-31(3)10-18-35)36-19-11-32(4)12-20-36;1-23-5-13-27(14-6-23)47(28-15-7-24(2)8-16-28)37-35(45-39(47)43-31(53-45)21-33(49)55-43)42(52)38-36(41(37)51)46-40(44-32(54-46)22-34(50)56-44)48(38,29-17-9-25(3)10-18-29)30-19-11-26(4)12-20-30;1-2-6(10-5-1)7-8-3-4-9-7;3*1-3-4-2;/h5-28H,1-4H3;5-22H,1-4H3;1-2,7H,3-4H2;3*1,3-4H2,2H3;. The van der Waals surface area contributed by atoms with Gasteiger partial charge in [0.1, 0.15) is 23.3 Å². The second-order valence-corrected chi connectivity index (χ2v) is 68.7. The van der Waals surface area contributed by atoms with E-state index < -0.39 is 51.7 Å². The van der Waals surface area contributed by atoms with Gasteiger partial charge in [0.25, 0.3) is 0 Å². The maximum absolute atomic E-state index is 19.8. The van der Waals surface area contributed by atoms with Crippen molar-refractivity contribution in [1.82, 2.24) is 0 Å². The number of carbonyl (C=O) groups is 2. The van der Waals surface area contributed by atoms with Gasteiger partial charge in [-0.3, -0.25) is 9.59 Å². The van der Waals surface area contributed by atoms with E-state index in [2.05, 4.69) is 339 Å². The van der Waals surface area contributed by atoms with Crippen LogP contribution in [0.2, 0.25) is 13.3 Å². The normalized spacial score (nSPS) is 14.7. The van der Waals surface area contributed by atoms with Gasteiger partial charge in [0.2, 0.25) is 0 Å². The molecule has 10 aromatic carbocycles. The molecule has 0 radical (unpaired) electrons. The first-order valence-corrected chi connectivity index (χ1v) is 68.1. The van der Waals surface area contributed by atoms with Gasteiger partial charge in [-0.1, -0.05) is 239 Å². The zero-order chi connectivity index (χ0) is 101. The molecule has 1 fully saturated rings. The number of hydrogen-bond donors (Lipinski definition) is 0. The van der Waals surface area contributed by atoms with Gasteiger partial charge in [0.05, 0.1) is 57.8 Å². The van der Waals surface area contributed by atoms with Gasteiger partial charge in [-0.15, -0.1) is 113 Å². The predicted octanol–water partition coefficient (Wildman–Crippen LogP) is 39.4. The van der Waals surface area contributed by atoms with Crippen molar-refractivity contribution < 1.29 is 36.6 Å². The summed E-state index contributed by atoms with van der Waals surface area (Å²) < 4.78 is 106. The van der Waals surface area contributed by atoms with Gasteiger partial charge in [-0.2, -0.15) is 0 Å². The van der Waals surface area contributed by atoms with Gasteiger partial charge < -0.3 is 0 Å². The molecule has 0 saturated carbocycles. The number of aryl methyl sites for hydroxylation is 8. The molecule has 736 valence electrons. The second kappa shape index (κ2) is 39.1. The minimum atomic E-state index is -2.25. The number of fused-ring (bicyclic) bond motifs is 20. The minimum Gasteiger partial charge on any atom is -0.297 e. The van der Waals surface area contributed by atoms with E-state index in [1.165, 1.54) is 102 Å². The third-order valence-electron chi connectivity index (χ3n) is 30.9. The molecule has 5 aliphatic rings. The summed E-state index contributed by atoms with van der Waals surface area (Å²) in [6.07, 6.45) is 9.96. The van der Waals surface area contributed by atoms with Crippen LogP contribution in [0.4, 0.5) is 17.6 Å². The van der Waals surface area contributed by atoms with Gasteiger partial charge >= 0.3 is 151 Å². The summed E-state index contributed by atoms with van der Waals surface area (Å²) in [5.41, 5.74) is 17.7. The molecule has 21 aromatic rings. The smallest absolute Gasteiger partial charge is 0.160 e. The SMILES string of the molecule is CCC[CH2][Sn]([CH2]CCC)([CH2]CCC)[c]1ccc(C2OCCO2)s1.Cc1ccc(C2(c3ccc(C)cc3)c3c(F)c4c(c(F)c3-c3sc5cc(-c6ccc(C=O)s6)sc5c32)C(c2ccc(C)cc2)(c2ccc(C)cc2)c2c-4sc3cc(-c4ccc(C=O)s4)sc23)cc1.Cc1ccc(C2(c3ccc(C)cc3)c3c(F)c4c(c(F)c3-c3sc5cc(Br)sc5c32)C(c2ccc(C)cc2)(c2ccc(C)cc2)c2c-4sc3cc(Br)sc23)cc1. The third kappa shape index (κ3) is 15.7. The number of rotatable bonds is 23. The van der Waals surface area contributed by atoms with Crippen molar-refractivity contribution in [2.75, 3.05) is 13.2 Å². The van der Waals surface area contributed by atoms with Crippen LogP contribution < -0.4 is 2.89 Å². The summed E-state index contributed by atoms with van der Waals surface area (Å²) in [4.78, 5) is 33.3. The number of benzene rings is 10. The summed E-state index contributed by atoms with van der Waals surface area (Å²) in [5, 5.41) is 0. The Morgan fingerprint density at radius 2 is 0.551 bits per heavy atom. The van der Waals surface area contributed by atoms with E-state index in [9.17, 15) is 9.59 Å². The van der Waals surface area contributed by atoms with E-state index in [4.69, 9.17) is 9.47 Å². The fourth-order valence-electron chi connectivity index (χ4n) is 24.0. The van der Waals surface area contributed by atoms with Crippen molar-refractivity contribution in [2.45, 2.75) is 156 Å². The number of carbonyl (C=O) groups excluding carboxylic acids is 2. The molecule has 0 amide bonds. The number of halogens is 6. The molecule has 0 N–H and O–H groups in total. The minimum absolute atomic E-state index is 0.0822. The van der Waals surface area contributed by atoms with Gasteiger partial charge in [-0.05, 0) is 180 Å². The second-order valence-electron chi connectivity index (χ2n) is 40.0. The zero-order valence-corrected chi connectivity index (χ0v) is 97.7. The first-order valence-electron chi connectivity index (χ1n) is 50.1. The molecular weight excluding hydrogens is 2270 g/mol. The summed E-state index contributed by atoms with van der Waals surface area (Å²) in [6, 6.07) is 88.2. The first-order chi connectivity index (χ1) is 71.3. The topological polar surface area (TPSA) is 52.6 Å². The quantitative estimate of drug-likeness (QED) is 0.0364. The van der Waals surface area contributed by atoms with Crippen LogP contribution in [0.3, 0.4) is 0 Å². The molecule has 12 heterocycles. The fourth-order valence-corrected chi connectivity index (χ4v) is 58.4. The Kier molecular flexibility index (Phi) is 26.5. The van der Waals surface area contributed by atoms with Crippen molar-refractivity contribution in [3.05, 3.63) is 434 Å². The van der Waals surface area contributed by atoms with Crippen LogP contribution in [0.1, 0.15) is 223 Å². The molecule has 0 bridgehead atoms. The average molecular weight is 2370 g/mol. The number of unbranched alkanes of at least 4 members (excludes halogenated alkanes) is 3. The van der Waals surface area contributed by atoms with Gasteiger partial charge in [0.15, 0.2) is 12.6 Å². The number of thiophene rings is 11. The molecule has 147 heavy (non-hydrogen) atoms. The molecule has 4 nitrogen and oxygen atoms in total. The fraction of sp³-hybridized carbons (Fsp3) is 0.216. The van der Waals surface area contributed by atoms with E-state index in [0.717, 1.165) is 221 Å². The number of ether oxygens (including phenoxy) is 2. The van der Waals surface area contributed by atoms with Gasteiger partial charge in [0, 0.05) is 125 Å². The first kappa shape index (κ1) is 99.6. The summed E-state index contributed by atoms with van der Waals surface area (Å²) in [5.74, 6) is -1.52. The third-order valence-corrected chi connectivity index (χ3v) is 63.5. The van der Waals surface area contributed by atoms with Crippen LogP contribution in [0, 0.1) is 78.7 Å². The number of aldehydes is 2.